The molecule has 0 radical (unpaired) electrons. The molecule has 1 rings (SSSR count). The van der Waals surface area contributed by atoms with Crippen LogP contribution in [0.2, 0.25) is 0 Å². The van der Waals surface area contributed by atoms with Crippen molar-refractivity contribution in [1.82, 2.24) is 0 Å². The molecule has 0 aromatic heterocycles. The van der Waals surface area contributed by atoms with Crippen molar-refractivity contribution in [1.29, 1.82) is 0 Å². The van der Waals surface area contributed by atoms with Gasteiger partial charge in [-0.2, -0.15) is 8.42 Å². The second kappa shape index (κ2) is 25.1. The third-order valence-corrected chi connectivity index (χ3v) is 5.93. The van der Waals surface area contributed by atoms with Crippen LogP contribution in [0.4, 0.5) is 0 Å². The number of aryl methyl sites for hydroxylation is 1. The van der Waals surface area contributed by atoms with Crippen LogP contribution in [0, 0.1) is 0 Å². The summed E-state index contributed by atoms with van der Waals surface area (Å²) in [6.07, 6.45) is 14.4. The number of hydrogen-bond acceptors (Lipinski definition) is 7. The van der Waals surface area contributed by atoms with Crippen molar-refractivity contribution in [3.8, 4) is 5.75 Å². The molecule has 0 fully saturated rings. The van der Waals surface area contributed by atoms with Gasteiger partial charge in [-0.25, -0.2) is 4.18 Å². The molecule has 0 unspecified atom stereocenters. The number of ether oxygens (including phenoxy) is 4. The predicted octanol–water partition coefficient (Wildman–Crippen LogP) is 2.51. The molecule has 10 heteroatoms. The molecule has 8 nitrogen and oxygen atoms in total. The van der Waals surface area contributed by atoms with Crippen molar-refractivity contribution in [2.24, 2.45) is 0 Å². The Balaban J connectivity index is 0. The van der Waals surface area contributed by atoms with Crippen LogP contribution < -0.4 is 34.3 Å². The minimum absolute atomic E-state index is 0. The average Bonchev–Trinajstić information content (AvgIpc) is 2.83. The number of para-hydroxylation sites is 1. The molecule has 0 heterocycles. The van der Waals surface area contributed by atoms with Gasteiger partial charge in [-0.1, -0.05) is 82.9 Å². The van der Waals surface area contributed by atoms with Crippen molar-refractivity contribution >= 4 is 10.4 Å². The summed E-state index contributed by atoms with van der Waals surface area (Å²) in [4.78, 5) is 0. The van der Waals surface area contributed by atoms with Gasteiger partial charge >= 0.3 is 40.0 Å². The van der Waals surface area contributed by atoms with Gasteiger partial charge in [0.1, 0.15) is 12.4 Å². The molecule has 206 valence electrons. The second-order valence-corrected chi connectivity index (χ2v) is 9.57. The molecule has 0 saturated carbocycles. The predicted molar refractivity (Wildman–Crippen MR) is 139 cm³/mol. The van der Waals surface area contributed by atoms with Gasteiger partial charge in [0.05, 0.1) is 46.2 Å². The summed E-state index contributed by atoms with van der Waals surface area (Å²) in [5, 5.41) is 0. The molecular formula is C26H47NaO8S. The molecule has 0 amide bonds. The molecule has 0 aliphatic rings. The van der Waals surface area contributed by atoms with E-state index >= 15 is 0 Å². The molecule has 1 N–H and O–H groups in total. The molecule has 1 aromatic carbocycles. The third-order valence-electron chi connectivity index (χ3n) is 5.46. The van der Waals surface area contributed by atoms with Crippen molar-refractivity contribution in [2.45, 2.75) is 77.6 Å². The van der Waals surface area contributed by atoms with E-state index < -0.39 is 10.4 Å². The van der Waals surface area contributed by atoms with E-state index in [0.29, 0.717) is 39.6 Å². The molecule has 0 atom stereocenters. The first-order valence-electron chi connectivity index (χ1n) is 13.1. The van der Waals surface area contributed by atoms with Crippen LogP contribution in [0.1, 0.15) is 78.1 Å². The summed E-state index contributed by atoms with van der Waals surface area (Å²) < 4.78 is 55.2. The maximum atomic E-state index is 10.4. The first kappa shape index (κ1) is 35.8. The fourth-order valence-corrected chi connectivity index (χ4v) is 3.88. The van der Waals surface area contributed by atoms with Gasteiger partial charge in [-0.15, -0.1) is 0 Å². The smallest absolute Gasteiger partial charge is 1.00 e. The molecule has 36 heavy (non-hydrogen) atoms. The summed E-state index contributed by atoms with van der Waals surface area (Å²) in [6, 6.07) is 8.24. The summed E-state index contributed by atoms with van der Waals surface area (Å²) in [6.45, 7) is 4.60. The minimum atomic E-state index is -4.41. The molecular weight excluding hydrogens is 495 g/mol. The SMILES string of the molecule is CCCCCCCCCCCCc1ccccc1OCCOCCOCCOCCOS(=O)(=O)O.[H-].[Na+]. The number of rotatable bonds is 25. The molecule has 1 aromatic rings. The van der Waals surface area contributed by atoms with Crippen molar-refractivity contribution in [3.63, 3.8) is 0 Å². The van der Waals surface area contributed by atoms with E-state index in [2.05, 4.69) is 23.2 Å². The summed E-state index contributed by atoms with van der Waals surface area (Å²) in [7, 11) is -4.41. The van der Waals surface area contributed by atoms with Crippen LogP contribution in [-0.2, 0) is 35.2 Å². The molecule has 0 spiro atoms. The largest absolute Gasteiger partial charge is 1.00 e. The Kier molecular flexibility index (Phi) is 24.9. The Morgan fingerprint density at radius 3 is 1.72 bits per heavy atom. The Bertz CT molecular complexity index is 724. The Hall–Kier alpha value is -0.230. The Labute approximate surface area is 242 Å². The van der Waals surface area contributed by atoms with Gasteiger partial charge in [0.2, 0.25) is 0 Å². The summed E-state index contributed by atoms with van der Waals surface area (Å²) >= 11 is 0. The van der Waals surface area contributed by atoms with Crippen molar-refractivity contribution in [3.05, 3.63) is 29.8 Å². The zero-order chi connectivity index (χ0) is 25.5. The number of benzene rings is 1. The van der Waals surface area contributed by atoms with Gasteiger partial charge in [-0.3, -0.25) is 4.55 Å². The van der Waals surface area contributed by atoms with Crippen LogP contribution in [0.25, 0.3) is 0 Å². The van der Waals surface area contributed by atoms with Crippen LogP contribution in [0.15, 0.2) is 24.3 Å². The Morgan fingerprint density at radius 2 is 1.17 bits per heavy atom. The first-order valence-corrected chi connectivity index (χ1v) is 14.4. The van der Waals surface area contributed by atoms with E-state index in [1.807, 2.05) is 12.1 Å². The van der Waals surface area contributed by atoms with Crippen LogP contribution in [0.3, 0.4) is 0 Å². The van der Waals surface area contributed by atoms with E-state index in [-0.39, 0.29) is 44.2 Å². The number of unbranched alkanes of at least 4 members (excludes halogenated alkanes) is 9. The molecule has 0 aliphatic carbocycles. The van der Waals surface area contributed by atoms with Gasteiger partial charge in [0, 0.05) is 0 Å². The van der Waals surface area contributed by atoms with E-state index in [1.54, 1.807) is 0 Å². The normalized spacial score (nSPS) is 11.4. The topological polar surface area (TPSA) is 101 Å². The summed E-state index contributed by atoms with van der Waals surface area (Å²) in [5.74, 6) is 0.943. The minimum Gasteiger partial charge on any atom is -1.00 e. The fraction of sp³-hybridized carbons (Fsp3) is 0.769. The van der Waals surface area contributed by atoms with Crippen LogP contribution in [-0.4, -0.2) is 65.8 Å². The van der Waals surface area contributed by atoms with E-state index in [4.69, 9.17) is 23.5 Å². The zero-order valence-electron chi connectivity index (χ0n) is 23.5. The average molecular weight is 543 g/mol. The maximum absolute atomic E-state index is 10.4. The zero-order valence-corrected chi connectivity index (χ0v) is 25.3. The van der Waals surface area contributed by atoms with Gasteiger partial charge in [-0.05, 0) is 24.5 Å². The van der Waals surface area contributed by atoms with E-state index in [1.165, 1.54) is 69.8 Å². The molecule has 0 aliphatic heterocycles. The van der Waals surface area contributed by atoms with E-state index in [9.17, 15) is 8.42 Å². The van der Waals surface area contributed by atoms with Crippen molar-refractivity contribution < 1.29 is 67.1 Å². The molecule has 0 bridgehead atoms. The van der Waals surface area contributed by atoms with Crippen molar-refractivity contribution in [2.75, 3.05) is 52.9 Å². The fourth-order valence-electron chi connectivity index (χ4n) is 3.60. The van der Waals surface area contributed by atoms with Crippen LogP contribution >= 0.6 is 0 Å². The monoisotopic (exact) mass is 542 g/mol. The standard InChI is InChI=1S/C26H46O8S.Na.H/c1-2-3-4-5-6-7-8-9-10-11-14-25-15-12-13-16-26(25)33-23-21-31-19-17-30-18-20-32-22-24-34-35(27,28)29;;/h12-13,15-16H,2-11,14,17-24H2,1H3,(H,27,28,29);;/q;+1;-1. The second-order valence-electron chi connectivity index (χ2n) is 8.47. The van der Waals surface area contributed by atoms with Gasteiger partial charge in [0.15, 0.2) is 0 Å². The van der Waals surface area contributed by atoms with E-state index in [0.717, 1.165) is 12.2 Å². The maximum Gasteiger partial charge on any atom is 1.00 e. The van der Waals surface area contributed by atoms with Gasteiger partial charge in [0.25, 0.3) is 0 Å². The summed E-state index contributed by atoms with van der Waals surface area (Å²) in [5.41, 5.74) is 1.26. The quantitative estimate of drug-likeness (QED) is 0.114. The first-order chi connectivity index (χ1) is 17.0. The third kappa shape index (κ3) is 22.9. The van der Waals surface area contributed by atoms with Gasteiger partial charge < -0.3 is 20.4 Å². The van der Waals surface area contributed by atoms with Crippen LogP contribution in [0.5, 0.6) is 5.75 Å². The Morgan fingerprint density at radius 1 is 0.694 bits per heavy atom. The molecule has 0 saturated heterocycles. The number of hydrogen-bond donors (Lipinski definition) is 1.